The number of amides is 2. The summed E-state index contributed by atoms with van der Waals surface area (Å²) in [6.45, 7) is 1.66. The van der Waals surface area contributed by atoms with Crippen LogP contribution in [0.15, 0.2) is 22.7 Å². The Balaban J connectivity index is 2.38. The fraction of sp³-hybridized carbons (Fsp3) is 0.273. The van der Waals surface area contributed by atoms with Gasteiger partial charge >= 0.3 is 0 Å². The zero-order valence-corrected chi connectivity index (χ0v) is 11.4. The van der Waals surface area contributed by atoms with E-state index >= 15 is 0 Å². The van der Waals surface area contributed by atoms with Gasteiger partial charge in [-0.3, -0.25) is 14.5 Å². The van der Waals surface area contributed by atoms with Crippen molar-refractivity contribution in [3.05, 3.63) is 27.7 Å². The number of benzene rings is 1. The highest BCUT2D eigenvalue weighted by molar-refractivity contribution is 9.10. The van der Waals surface area contributed by atoms with Crippen molar-refractivity contribution in [3.63, 3.8) is 0 Å². The molecule has 1 aromatic rings. The third-order valence-corrected chi connectivity index (χ3v) is 3.31. The first kappa shape index (κ1) is 12.4. The average molecular weight is 318 g/mol. The summed E-state index contributed by atoms with van der Waals surface area (Å²) in [5.41, 5.74) is 0.557. The topological polar surface area (TPSA) is 49.4 Å². The summed E-state index contributed by atoms with van der Waals surface area (Å²) in [7, 11) is 0. The summed E-state index contributed by atoms with van der Waals surface area (Å²) in [5.74, 6) is -0.343. The molecule has 1 N–H and O–H groups in total. The Bertz CT molecular complexity index is 492. The third-order valence-electron chi connectivity index (χ3n) is 2.52. The Morgan fingerprint density at radius 2 is 2.18 bits per heavy atom. The van der Waals surface area contributed by atoms with E-state index in [0.29, 0.717) is 10.7 Å². The molecule has 0 spiro atoms. The largest absolute Gasteiger partial charge is 0.343 e. The van der Waals surface area contributed by atoms with E-state index in [-0.39, 0.29) is 18.4 Å². The fourth-order valence-electron chi connectivity index (χ4n) is 1.71. The molecule has 2 amide bonds. The molecular weight excluding hydrogens is 307 g/mol. The smallest absolute Gasteiger partial charge is 0.249 e. The van der Waals surface area contributed by atoms with E-state index in [2.05, 4.69) is 21.2 Å². The first-order valence-electron chi connectivity index (χ1n) is 5.05. The number of carbonyl (C=O) groups excluding carboxylic acids is 2. The van der Waals surface area contributed by atoms with Gasteiger partial charge in [-0.15, -0.1) is 0 Å². The normalized spacial score (nSPS) is 20.4. The van der Waals surface area contributed by atoms with Crippen molar-refractivity contribution in [3.8, 4) is 0 Å². The summed E-state index contributed by atoms with van der Waals surface area (Å²) in [6.07, 6.45) is 0. The minimum Gasteiger partial charge on any atom is -0.343 e. The lowest BCUT2D eigenvalue weighted by atomic mass is 10.2. The van der Waals surface area contributed by atoms with Gasteiger partial charge in [-0.05, 0) is 25.1 Å². The van der Waals surface area contributed by atoms with Gasteiger partial charge in [0.25, 0.3) is 0 Å². The maximum Gasteiger partial charge on any atom is 0.249 e. The van der Waals surface area contributed by atoms with E-state index in [4.69, 9.17) is 11.6 Å². The molecule has 1 unspecified atom stereocenters. The molecule has 1 fully saturated rings. The molecule has 4 nitrogen and oxygen atoms in total. The van der Waals surface area contributed by atoms with E-state index in [1.807, 2.05) is 0 Å². The first-order valence-corrected chi connectivity index (χ1v) is 6.22. The summed E-state index contributed by atoms with van der Waals surface area (Å²) < 4.78 is 0.827. The van der Waals surface area contributed by atoms with Crippen molar-refractivity contribution in [1.82, 2.24) is 5.32 Å². The molecule has 1 atom stereocenters. The Morgan fingerprint density at radius 3 is 2.82 bits per heavy atom. The number of carbonyl (C=O) groups is 2. The number of nitrogens with one attached hydrogen (secondary N) is 1. The lowest BCUT2D eigenvalue weighted by Gasteiger charge is -2.31. The molecule has 1 heterocycles. The first-order chi connectivity index (χ1) is 7.99. The number of hydrogen-bond acceptors (Lipinski definition) is 2. The number of nitrogens with zero attached hydrogens (tertiary/aromatic N) is 1. The van der Waals surface area contributed by atoms with Crippen LogP contribution in [0, 0.1) is 0 Å². The van der Waals surface area contributed by atoms with Crippen molar-refractivity contribution in [2.24, 2.45) is 0 Å². The highest BCUT2D eigenvalue weighted by Crippen LogP contribution is 2.30. The van der Waals surface area contributed by atoms with Crippen LogP contribution >= 0.6 is 27.5 Å². The van der Waals surface area contributed by atoms with Crippen LogP contribution in [0.2, 0.25) is 5.02 Å². The zero-order valence-electron chi connectivity index (χ0n) is 9.04. The highest BCUT2D eigenvalue weighted by Gasteiger charge is 2.31. The average Bonchev–Trinajstić information content (AvgIpc) is 2.24. The van der Waals surface area contributed by atoms with Gasteiger partial charge in [0.15, 0.2) is 0 Å². The molecule has 1 aromatic carbocycles. The molecular formula is C11H10BrClN2O2. The van der Waals surface area contributed by atoms with E-state index in [1.54, 1.807) is 25.1 Å². The SMILES string of the molecule is CC1NC(=O)CN(c2ccc(Br)cc2Cl)C1=O. The van der Waals surface area contributed by atoms with E-state index in [0.717, 1.165) is 4.47 Å². The molecule has 1 aliphatic rings. The van der Waals surface area contributed by atoms with Crippen molar-refractivity contribution < 1.29 is 9.59 Å². The molecule has 0 aliphatic carbocycles. The molecule has 1 saturated heterocycles. The number of halogens is 2. The van der Waals surface area contributed by atoms with Crippen LogP contribution in [-0.2, 0) is 9.59 Å². The number of piperazine rings is 1. The summed E-state index contributed by atoms with van der Waals surface area (Å²) in [5, 5.41) is 3.02. The minimum absolute atomic E-state index is 0.00449. The molecule has 0 saturated carbocycles. The molecule has 2 rings (SSSR count). The van der Waals surface area contributed by atoms with Crippen LogP contribution in [0.25, 0.3) is 0 Å². The molecule has 0 radical (unpaired) electrons. The van der Waals surface area contributed by atoms with Crippen LogP contribution < -0.4 is 10.2 Å². The van der Waals surface area contributed by atoms with Gasteiger partial charge in [0, 0.05) is 4.47 Å². The van der Waals surface area contributed by atoms with Crippen LogP contribution in [-0.4, -0.2) is 24.4 Å². The minimum atomic E-state index is -0.518. The van der Waals surface area contributed by atoms with Gasteiger partial charge in [0.2, 0.25) is 11.8 Å². The molecule has 0 bridgehead atoms. The standard InChI is InChI=1S/C11H10BrClN2O2/c1-6-11(17)15(5-10(16)14-6)9-3-2-7(12)4-8(9)13/h2-4,6H,5H2,1H3,(H,14,16). The second-order valence-corrected chi connectivity index (χ2v) is 5.13. The van der Waals surface area contributed by atoms with Gasteiger partial charge in [0.05, 0.1) is 10.7 Å². The Hall–Kier alpha value is -1.07. The number of anilines is 1. The molecule has 17 heavy (non-hydrogen) atoms. The van der Waals surface area contributed by atoms with Crippen molar-refractivity contribution in [1.29, 1.82) is 0 Å². The number of hydrogen-bond donors (Lipinski definition) is 1. The molecule has 1 aliphatic heterocycles. The zero-order chi connectivity index (χ0) is 12.6. The van der Waals surface area contributed by atoms with Crippen LogP contribution in [0.5, 0.6) is 0 Å². The predicted octanol–water partition coefficient (Wildman–Crippen LogP) is 1.95. The van der Waals surface area contributed by atoms with Crippen molar-refractivity contribution in [2.45, 2.75) is 13.0 Å². The van der Waals surface area contributed by atoms with Crippen molar-refractivity contribution in [2.75, 3.05) is 11.4 Å². The van der Waals surface area contributed by atoms with Crippen molar-refractivity contribution >= 4 is 45.0 Å². The van der Waals surface area contributed by atoms with Gasteiger partial charge in [0.1, 0.15) is 12.6 Å². The third kappa shape index (κ3) is 2.45. The van der Waals surface area contributed by atoms with E-state index in [9.17, 15) is 9.59 Å². The van der Waals surface area contributed by atoms with Gasteiger partial charge in [-0.25, -0.2) is 0 Å². The molecule has 6 heteroatoms. The summed E-state index contributed by atoms with van der Waals surface area (Å²) >= 11 is 9.36. The van der Waals surface area contributed by atoms with E-state index in [1.165, 1.54) is 4.90 Å². The highest BCUT2D eigenvalue weighted by atomic mass is 79.9. The Kier molecular flexibility index (Phi) is 3.40. The predicted molar refractivity (Wildman–Crippen MR) is 69.1 cm³/mol. The van der Waals surface area contributed by atoms with Crippen LogP contribution in [0.1, 0.15) is 6.92 Å². The monoisotopic (exact) mass is 316 g/mol. The van der Waals surface area contributed by atoms with Gasteiger partial charge < -0.3 is 5.32 Å². The fourth-order valence-corrected chi connectivity index (χ4v) is 2.48. The van der Waals surface area contributed by atoms with Crippen LogP contribution in [0.3, 0.4) is 0 Å². The maximum absolute atomic E-state index is 11.9. The molecule has 0 aromatic heterocycles. The lowest BCUT2D eigenvalue weighted by molar-refractivity contribution is -0.130. The Morgan fingerprint density at radius 1 is 1.47 bits per heavy atom. The second-order valence-electron chi connectivity index (χ2n) is 3.81. The van der Waals surface area contributed by atoms with Crippen LogP contribution in [0.4, 0.5) is 5.69 Å². The van der Waals surface area contributed by atoms with Gasteiger partial charge in [-0.2, -0.15) is 0 Å². The maximum atomic E-state index is 11.9. The Labute approximate surface area is 112 Å². The van der Waals surface area contributed by atoms with Gasteiger partial charge in [-0.1, -0.05) is 27.5 Å². The van der Waals surface area contributed by atoms with E-state index < -0.39 is 6.04 Å². The number of rotatable bonds is 1. The summed E-state index contributed by atoms with van der Waals surface area (Å²) in [6, 6.07) is 4.68. The molecule has 90 valence electrons. The quantitative estimate of drug-likeness (QED) is 0.861. The second kappa shape index (κ2) is 4.66. The summed E-state index contributed by atoms with van der Waals surface area (Å²) in [4.78, 5) is 24.8. The lowest BCUT2D eigenvalue weighted by Crippen LogP contribution is -2.57.